The number of aromatic amines is 1. The maximum Gasteiger partial charge on any atom is 0.343 e. The minimum atomic E-state index is -0.300. The first-order valence-electron chi connectivity index (χ1n) is 4.83. The van der Waals surface area contributed by atoms with Crippen molar-refractivity contribution in [3.05, 3.63) is 16.3 Å². The first-order chi connectivity index (χ1) is 6.65. The highest BCUT2D eigenvalue weighted by Gasteiger charge is 2.07. The van der Waals surface area contributed by atoms with Gasteiger partial charge >= 0.3 is 5.69 Å². The monoisotopic (exact) mass is 197 g/mol. The minimum absolute atomic E-state index is 0.145. The molecule has 0 fully saturated rings. The van der Waals surface area contributed by atoms with E-state index in [-0.39, 0.29) is 17.3 Å². The van der Waals surface area contributed by atoms with E-state index in [4.69, 9.17) is 0 Å². The van der Waals surface area contributed by atoms with Crippen molar-refractivity contribution in [3.63, 3.8) is 0 Å². The minimum Gasteiger partial charge on any atom is -0.291 e. The maximum atomic E-state index is 11.2. The number of aromatic nitrogens is 3. The molecule has 0 spiro atoms. The summed E-state index contributed by atoms with van der Waals surface area (Å²) in [5.41, 5.74) is -0.300. The van der Waals surface area contributed by atoms with Crippen LogP contribution in [0.4, 0.5) is 0 Å². The van der Waals surface area contributed by atoms with Gasteiger partial charge in [0, 0.05) is 13.5 Å². The molecule has 0 aliphatic rings. The SMILES string of the molecule is CCCCCn1nc(C(C)=O)[nH]c1=O. The van der Waals surface area contributed by atoms with E-state index >= 15 is 0 Å². The molecule has 78 valence electrons. The number of aryl methyl sites for hydroxylation is 1. The van der Waals surface area contributed by atoms with Gasteiger partial charge < -0.3 is 0 Å². The third kappa shape index (κ3) is 2.55. The molecule has 0 radical (unpaired) electrons. The second kappa shape index (κ2) is 4.74. The molecule has 0 bridgehead atoms. The van der Waals surface area contributed by atoms with Gasteiger partial charge in [-0.1, -0.05) is 19.8 Å². The summed E-state index contributed by atoms with van der Waals surface area (Å²) in [6.07, 6.45) is 3.08. The van der Waals surface area contributed by atoms with Crippen LogP contribution in [0, 0.1) is 0 Å². The normalized spacial score (nSPS) is 10.4. The van der Waals surface area contributed by atoms with E-state index in [1.807, 2.05) is 0 Å². The molecule has 0 amide bonds. The molecule has 1 rings (SSSR count). The number of H-pyrrole nitrogens is 1. The fourth-order valence-corrected chi connectivity index (χ4v) is 1.18. The van der Waals surface area contributed by atoms with Gasteiger partial charge in [-0.15, -0.1) is 5.10 Å². The van der Waals surface area contributed by atoms with Crippen molar-refractivity contribution in [2.24, 2.45) is 0 Å². The maximum absolute atomic E-state index is 11.2. The van der Waals surface area contributed by atoms with Crippen molar-refractivity contribution in [2.45, 2.75) is 39.7 Å². The number of nitrogens with zero attached hydrogens (tertiary/aromatic N) is 2. The van der Waals surface area contributed by atoms with E-state index in [0.29, 0.717) is 6.54 Å². The fraction of sp³-hybridized carbons (Fsp3) is 0.667. The van der Waals surface area contributed by atoms with Crippen LogP contribution in [-0.2, 0) is 6.54 Å². The summed E-state index contributed by atoms with van der Waals surface area (Å²) in [4.78, 5) is 24.5. The van der Waals surface area contributed by atoms with E-state index in [1.165, 1.54) is 11.6 Å². The first-order valence-corrected chi connectivity index (χ1v) is 4.83. The number of ketones is 1. The summed E-state index contributed by atoms with van der Waals surface area (Å²) in [5.74, 6) is -0.0668. The molecule has 5 heteroatoms. The Labute approximate surface area is 82.1 Å². The second-order valence-electron chi connectivity index (χ2n) is 3.27. The van der Waals surface area contributed by atoms with Crippen LogP contribution in [0.15, 0.2) is 4.79 Å². The zero-order chi connectivity index (χ0) is 10.6. The van der Waals surface area contributed by atoms with Crippen LogP contribution < -0.4 is 5.69 Å². The number of hydrogen-bond acceptors (Lipinski definition) is 3. The molecule has 0 saturated heterocycles. The molecular formula is C9H15N3O2. The number of Topliss-reactive ketones (excluding diaryl/α,β-unsaturated/α-hetero) is 1. The van der Waals surface area contributed by atoms with Gasteiger partial charge in [0.25, 0.3) is 0 Å². The lowest BCUT2D eigenvalue weighted by Gasteiger charge is -1.96. The number of carbonyl (C=O) groups is 1. The lowest BCUT2D eigenvalue weighted by atomic mass is 10.2. The van der Waals surface area contributed by atoms with Gasteiger partial charge in [-0.25, -0.2) is 9.48 Å². The standard InChI is InChI=1S/C9H15N3O2/c1-3-4-5-6-12-9(14)10-8(11-12)7(2)13/h3-6H2,1-2H3,(H,10,11,14). The van der Waals surface area contributed by atoms with E-state index in [0.717, 1.165) is 19.3 Å². The average molecular weight is 197 g/mol. The van der Waals surface area contributed by atoms with E-state index in [9.17, 15) is 9.59 Å². The zero-order valence-electron chi connectivity index (χ0n) is 8.54. The van der Waals surface area contributed by atoms with Gasteiger partial charge in [-0.2, -0.15) is 0 Å². The molecule has 0 aliphatic heterocycles. The molecule has 0 aromatic carbocycles. The molecule has 0 unspecified atom stereocenters. The average Bonchev–Trinajstić information content (AvgIpc) is 2.49. The number of carbonyl (C=O) groups excluding carboxylic acids is 1. The predicted molar refractivity (Wildman–Crippen MR) is 52.4 cm³/mol. The van der Waals surface area contributed by atoms with Gasteiger partial charge in [0.05, 0.1) is 0 Å². The molecule has 1 N–H and O–H groups in total. The van der Waals surface area contributed by atoms with Gasteiger partial charge in [0.2, 0.25) is 0 Å². The topological polar surface area (TPSA) is 67.8 Å². The fourth-order valence-electron chi connectivity index (χ4n) is 1.18. The van der Waals surface area contributed by atoms with Crippen LogP contribution in [-0.4, -0.2) is 20.5 Å². The summed E-state index contributed by atoms with van der Waals surface area (Å²) >= 11 is 0. The highest BCUT2D eigenvalue weighted by Crippen LogP contribution is 1.95. The Morgan fingerprint density at radius 1 is 1.50 bits per heavy atom. The molecule has 1 heterocycles. The third-order valence-corrected chi connectivity index (χ3v) is 1.99. The van der Waals surface area contributed by atoms with Crippen LogP contribution in [0.5, 0.6) is 0 Å². The Bertz CT molecular complexity index is 364. The number of unbranched alkanes of at least 4 members (excludes halogenated alkanes) is 2. The number of hydrogen-bond donors (Lipinski definition) is 1. The first kappa shape index (κ1) is 10.7. The third-order valence-electron chi connectivity index (χ3n) is 1.99. The summed E-state index contributed by atoms with van der Waals surface area (Å²) < 4.78 is 1.31. The van der Waals surface area contributed by atoms with Gasteiger partial charge in [0.15, 0.2) is 11.6 Å². The number of rotatable bonds is 5. The lowest BCUT2D eigenvalue weighted by molar-refractivity contribution is 0.100. The highest BCUT2D eigenvalue weighted by molar-refractivity contribution is 5.89. The Hall–Kier alpha value is -1.39. The summed E-state index contributed by atoms with van der Waals surface area (Å²) in [6, 6.07) is 0. The lowest BCUT2D eigenvalue weighted by Crippen LogP contribution is -2.17. The van der Waals surface area contributed by atoms with E-state index in [2.05, 4.69) is 17.0 Å². The smallest absolute Gasteiger partial charge is 0.291 e. The molecule has 0 saturated carbocycles. The predicted octanol–water partition coefficient (Wildman–Crippen LogP) is 0.964. The Morgan fingerprint density at radius 3 is 2.71 bits per heavy atom. The van der Waals surface area contributed by atoms with Crippen LogP contribution in [0.25, 0.3) is 0 Å². The largest absolute Gasteiger partial charge is 0.343 e. The van der Waals surface area contributed by atoms with Crippen LogP contribution >= 0.6 is 0 Å². The van der Waals surface area contributed by atoms with Crippen molar-refractivity contribution < 1.29 is 4.79 Å². The highest BCUT2D eigenvalue weighted by atomic mass is 16.2. The van der Waals surface area contributed by atoms with Crippen molar-refractivity contribution in [1.82, 2.24) is 14.8 Å². The van der Waals surface area contributed by atoms with Crippen molar-refractivity contribution in [1.29, 1.82) is 0 Å². The Morgan fingerprint density at radius 2 is 2.21 bits per heavy atom. The van der Waals surface area contributed by atoms with Crippen molar-refractivity contribution in [3.8, 4) is 0 Å². The summed E-state index contributed by atoms with van der Waals surface area (Å²) in [6.45, 7) is 4.05. The zero-order valence-corrected chi connectivity index (χ0v) is 8.54. The summed E-state index contributed by atoms with van der Waals surface area (Å²) in [5, 5.41) is 3.88. The van der Waals surface area contributed by atoms with Crippen molar-refractivity contribution in [2.75, 3.05) is 0 Å². The Balaban J connectivity index is 2.68. The van der Waals surface area contributed by atoms with Crippen molar-refractivity contribution >= 4 is 5.78 Å². The van der Waals surface area contributed by atoms with E-state index < -0.39 is 0 Å². The van der Waals surface area contributed by atoms with Crippen LogP contribution in [0.3, 0.4) is 0 Å². The molecular weight excluding hydrogens is 182 g/mol. The molecule has 14 heavy (non-hydrogen) atoms. The molecule has 0 atom stereocenters. The van der Waals surface area contributed by atoms with Gasteiger partial charge in [0.1, 0.15) is 0 Å². The second-order valence-corrected chi connectivity index (χ2v) is 3.27. The summed E-state index contributed by atoms with van der Waals surface area (Å²) in [7, 11) is 0. The molecule has 0 aliphatic carbocycles. The molecule has 1 aromatic rings. The van der Waals surface area contributed by atoms with Gasteiger partial charge in [-0.05, 0) is 6.42 Å². The van der Waals surface area contributed by atoms with Gasteiger partial charge in [-0.3, -0.25) is 9.78 Å². The quantitative estimate of drug-likeness (QED) is 0.564. The van der Waals surface area contributed by atoms with Crippen LogP contribution in [0.1, 0.15) is 43.7 Å². The Kier molecular flexibility index (Phi) is 3.62. The molecule has 1 aromatic heterocycles. The number of nitrogens with one attached hydrogen (secondary N) is 1. The van der Waals surface area contributed by atoms with E-state index in [1.54, 1.807) is 0 Å². The van der Waals surface area contributed by atoms with Crippen LogP contribution in [0.2, 0.25) is 0 Å². The molecule has 5 nitrogen and oxygen atoms in total.